The van der Waals surface area contributed by atoms with Gasteiger partial charge in [0, 0.05) is 76.8 Å². The third-order valence-electron chi connectivity index (χ3n) is 10.7. The van der Waals surface area contributed by atoms with Crippen molar-refractivity contribution in [3.8, 4) is 0 Å². The molecule has 246 valence electrons. The molecule has 9 nitrogen and oxygen atoms in total. The summed E-state index contributed by atoms with van der Waals surface area (Å²) in [6, 6.07) is 0. The van der Waals surface area contributed by atoms with E-state index in [0.717, 1.165) is 97.2 Å². The number of halogens is 3. The first-order chi connectivity index (χ1) is 20.8. The van der Waals surface area contributed by atoms with Crippen LogP contribution in [-0.4, -0.2) is 100 Å². The van der Waals surface area contributed by atoms with Crippen molar-refractivity contribution in [1.82, 2.24) is 24.7 Å². The molecule has 5 heterocycles. The Morgan fingerprint density at radius 1 is 1.00 bits per heavy atom. The van der Waals surface area contributed by atoms with Gasteiger partial charge in [-0.15, -0.1) is 0 Å². The fourth-order valence-corrected chi connectivity index (χ4v) is 7.78. The molecular weight excluding hydrogens is 575 g/mol. The van der Waals surface area contributed by atoms with Crippen molar-refractivity contribution in [1.29, 1.82) is 0 Å². The van der Waals surface area contributed by atoms with Crippen LogP contribution in [0.25, 0.3) is 0 Å². The third kappa shape index (κ3) is 6.85. The predicted molar refractivity (Wildman–Crippen MR) is 158 cm³/mol. The van der Waals surface area contributed by atoms with E-state index in [0.29, 0.717) is 24.9 Å². The number of carbonyl (C=O) groups is 2. The fourth-order valence-electron chi connectivity index (χ4n) is 7.78. The molecule has 0 radical (unpaired) electrons. The van der Waals surface area contributed by atoms with E-state index in [1.807, 2.05) is 4.90 Å². The number of carbonyl (C=O) groups excluding carboxylic acids is 2. The monoisotopic (exact) mass is 623 g/mol. The molecule has 0 N–H and O–H groups in total. The van der Waals surface area contributed by atoms with Crippen molar-refractivity contribution in [2.75, 3.05) is 52.5 Å². The highest BCUT2D eigenvalue weighted by atomic mass is 19.4. The summed E-state index contributed by atoms with van der Waals surface area (Å²) < 4.78 is 51.4. The van der Waals surface area contributed by atoms with Gasteiger partial charge in [-0.3, -0.25) is 9.69 Å². The van der Waals surface area contributed by atoms with Crippen LogP contribution in [0, 0.1) is 25.7 Å². The Balaban J connectivity index is 1.20. The average Bonchev–Trinajstić information content (AvgIpc) is 2.98. The number of unbranched alkanes of at least 4 members (excludes halogenated alkanes) is 1. The largest absolute Gasteiger partial charge is 0.451 e. The second-order valence-corrected chi connectivity index (χ2v) is 13.6. The zero-order valence-electron chi connectivity index (χ0n) is 26.7. The Hall–Kier alpha value is -2.47. The number of alkyl halides is 3. The summed E-state index contributed by atoms with van der Waals surface area (Å²) in [7, 11) is 0. The number of nitrogens with zero attached hydrogens (tertiary/aromatic N) is 5. The van der Waals surface area contributed by atoms with Gasteiger partial charge in [-0.05, 0) is 58.8 Å². The van der Waals surface area contributed by atoms with Crippen molar-refractivity contribution in [3.63, 3.8) is 0 Å². The van der Waals surface area contributed by atoms with Crippen LogP contribution in [-0.2, 0) is 15.7 Å². The molecule has 0 aromatic carbocycles. The lowest BCUT2D eigenvalue weighted by atomic mass is 9.74. The topological polar surface area (TPSA) is 88.1 Å². The van der Waals surface area contributed by atoms with Gasteiger partial charge in [0.1, 0.15) is 5.60 Å². The van der Waals surface area contributed by atoms with E-state index in [4.69, 9.17) is 9.47 Å². The molecule has 5 rings (SSSR count). The Morgan fingerprint density at radius 3 is 2.18 bits per heavy atom. The minimum atomic E-state index is -4.66. The average molecular weight is 624 g/mol. The van der Waals surface area contributed by atoms with Gasteiger partial charge in [-0.1, -0.05) is 19.8 Å². The second-order valence-electron chi connectivity index (χ2n) is 13.6. The van der Waals surface area contributed by atoms with Gasteiger partial charge in [0.05, 0.1) is 17.0 Å². The Labute approximate surface area is 258 Å². The SMILES string of the molecule is CCCC[C@H]1CN(CC2CCOCC2)C(=O)OC12CCN(C1(C)CCN(C(=O)c3c(C)nc(C(F)(F)F)nc3C)CC1)CC2. The number of aryl methyl sites for hydroxylation is 2. The molecule has 4 aliphatic rings. The van der Waals surface area contributed by atoms with E-state index in [-0.39, 0.29) is 34.5 Å². The molecule has 1 aromatic heterocycles. The normalized spacial score (nSPS) is 24.9. The van der Waals surface area contributed by atoms with E-state index >= 15 is 0 Å². The summed E-state index contributed by atoms with van der Waals surface area (Å²) in [6.45, 7) is 13.0. The second kappa shape index (κ2) is 13.1. The standard InChI is InChI=1S/C32H48F3N5O4/c1-5-6-7-25-21-39(20-24-8-18-43-19-9-24)29(42)44-31(25)12-16-40(17-13-31)30(4)10-14-38(15-11-30)27(41)26-22(2)36-28(32(33,34)35)37-23(26)3/h24-25H,5-21H2,1-4H3/t25-/m0/s1. The Morgan fingerprint density at radius 2 is 1.61 bits per heavy atom. The minimum absolute atomic E-state index is 0.0514. The molecule has 4 aliphatic heterocycles. The number of hydrogen-bond donors (Lipinski definition) is 0. The van der Waals surface area contributed by atoms with E-state index in [1.165, 1.54) is 13.8 Å². The van der Waals surface area contributed by atoms with Crippen LogP contribution >= 0.6 is 0 Å². The van der Waals surface area contributed by atoms with E-state index in [1.54, 1.807) is 4.90 Å². The maximum absolute atomic E-state index is 13.4. The number of ether oxygens (including phenoxy) is 2. The van der Waals surface area contributed by atoms with Crippen molar-refractivity contribution in [2.24, 2.45) is 11.8 Å². The maximum Gasteiger partial charge on any atom is 0.451 e. The highest BCUT2D eigenvalue weighted by Crippen LogP contribution is 2.43. The molecule has 1 spiro atoms. The number of rotatable bonds is 7. The molecule has 2 amide bonds. The predicted octanol–water partition coefficient (Wildman–Crippen LogP) is 5.63. The lowest BCUT2D eigenvalue weighted by molar-refractivity contribution is -0.145. The van der Waals surface area contributed by atoms with Gasteiger partial charge in [0.2, 0.25) is 5.82 Å². The highest BCUT2D eigenvalue weighted by Gasteiger charge is 2.52. The summed E-state index contributed by atoms with van der Waals surface area (Å²) in [4.78, 5) is 40.0. The lowest BCUT2D eigenvalue weighted by Gasteiger charge is -2.55. The van der Waals surface area contributed by atoms with Crippen LogP contribution in [0.2, 0.25) is 0 Å². The lowest BCUT2D eigenvalue weighted by Crippen LogP contribution is -2.64. The van der Waals surface area contributed by atoms with E-state index in [2.05, 4.69) is 28.7 Å². The Kier molecular flexibility index (Phi) is 9.80. The first kappa shape index (κ1) is 32.9. The van der Waals surface area contributed by atoms with E-state index in [9.17, 15) is 22.8 Å². The minimum Gasteiger partial charge on any atom is -0.442 e. The van der Waals surface area contributed by atoms with Crippen LogP contribution in [0.1, 0.15) is 99.2 Å². The Bertz CT molecular complexity index is 1170. The van der Waals surface area contributed by atoms with Crippen molar-refractivity contribution >= 4 is 12.0 Å². The number of aromatic nitrogens is 2. The molecule has 0 saturated carbocycles. The molecule has 1 atom stereocenters. The van der Waals surface area contributed by atoms with Crippen LogP contribution in [0.3, 0.4) is 0 Å². The van der Waals surface area contributed by atoms with Gasteiger partial charge >= 0.3 is 12.3 Å². The number of hydrogen-bond acceptors (Lipinski definition) is 7. The molecule has 1 aromatic rings. The molecule has 12 heteroatoms. The van der Waals surface area contributed by atoms with Gasteiger partial charge in [0.15, 0.2) is 0 Å². The molecule has 4 saturated heterocycles. The first-order valence-corrected chi connectivity index (χ1v) is 16.4. The molecule has 0 bridgehead atoms. The zero-order valence-corrected chi connectivity index (χ0v) is 26.7. The quantitative estimate of drug-likeness (QED) is 0.389. The molecule has 0 unspecified atom stereocenters. The summed E-state index contributed by atoms with van der Waals surface area (Å²) in [5.41, 5.74) is -0.290. The first-order valence-electron chi connectivity index (χ1n) is 16.4. The van der Waals surface area contributed by atoms with Gasteiger partial charge in [-0.25, -0.2) is 14.8 Å². The van der Waals surface area contributed by atoms with Crippen LogP contribution in [0.5, 0.6) is 0 Å². The molecule has 4 fully saturated rings. The van der Waals surface area contributed by atoms with Crippen molar-refractivity contribution in [2.45, 2.75) is 103 Å². The van der Waals surface area contributed by atoms with Crippen molar-refractivity contribution in [3.05, 3.63) is 22.8 Å². The van der Waals surface area contributed by atoms with Gasteiger partial charge in [0.25, 0.3) is 5.91 Å². The summed E-state index contributed by atoms with van der Waals surface area (Å²) >= 11 is 0. The highest BCUT2D eigenvalue weighted by molar-refractivity contribution is 5.96. The number of likely N-dealkylation sites (tertiary alicyclic amines) is 2. The smallest absolute Gasteiger partial charge is 0.442 e. The van der Waals surface area contributed by atoms with Gasteiger partial charge < -0.3 is 19.3 Å². The molecule has 0 aliphatic carbocycles. The fraction of sp³-hybridized carbons (Fsp3) is 0.812. The van der Waals surface area contributed by atoms with Crippen molar-refractivity contribution < 1.29 is 32.2 Å². The van der Waals surface area contributed by atoms with Gasteiger partial charge in [-0.2, -0.15) is 13.2 Å². The maximum atomic E-state index is 13.4. The third-order valence-corrected chi connectivity index (χ3v) is 10.7. The van der Waals surface area contributed by atoms with Crippen LogP contribution < -0.4 is 0 Å². The number of amides is 2. The van der Waals surface area contributed by atoms with Crippen LogP contribution in [0.4, 0.5) is 18.0 Å². The summed E-state index contributed by atoms with van der Waals surface area (Å²) in [5.74, 6) is -0.750. The molecule has 44 heavy (non-hydrogen) atoms. The summed E-state index contributed by atoms with van der Waals surface area (Å²) in [5, 5.41) is 0. The van der Waals surface area contributed by atoms with Crippen LogP contribution in [0.15, 0.2) is 0 Å². The molecular formula is C32H48F3N5O4. The summed E-state index contributed by atoms with van der Waals surface area (Å²) in [6.07, 6.45) is 3.53. The zero-order chi connectivity index (χ0) is 31.7. The number of piperidine rings is 2. The van der Waals surface area contributed by atoms with E-state index < -0.39 is 17.6 Å².